The Morgan fingerprint density at radius 1 is 1.05 bits per heavy atom. The van der Waals surface area contributed by atoms with E-state index in [1.165, 1.54) is 0 Å². The molecule has 4 nitrogen and oxygen atoms in total. The first-order valence-corrected chi connectivity index (χ1v) is 7.77. The van der Waals surface area contributed by atoms with Crippen LogP contribution >= 0.6 is 11.6 Å². The third-order valence-electron chi connectivity index (χ3n) is 3.06. The molecule has 0 radical (unpaired) electrons. The minimum atomic E-state index is -3.74. The van der Waals surface area contributed by atoms with E-state index in [0.29, 0.717) is 10.9 Å². The van der Waals surface area contributed by atoms with Crippen LogP contribution in [0.3, 0.4) is 0 Å². The summed E-state index contributed by atoms with van der Waals surface area (Å²) in [6, 6.07) is 13.6. The number of fused-ring (bicyclic) bond motifs is 1. The quantitative estimate of drug-likeness (QED) is 0.730. The molecule has 3 rings (SSSR count). The van der Waals surface area contributed by atoms with Gasteiger partial charge in [-0.15, -0.1) is 5.10 Å². The van der Waals surface area contributed by atoms with Gasteiger partial charge in [0, 0.05) is 5.39 Å². The molecule has 3 aromatic rings. The molecule has 0 aliphatic rings. The fourth-order valence-corrected chi connectivity index (χ4v) is 3.56. The highest BCUT2D eigenvalue weighted by Gasteiger charge is 2.21. The molecular formula is C14H11ClN2O2S. The van der Waals surface area contributed by atoms with Crippen LogP contribution in [0.1, 0.15) is 5.56 Å². The molecule has 0 bridgehead atoms. The van der Waals surface area contributed by atoms with Gasteiger partial charge in [-0.3, -0.25) is 0 Å². The molecular weight excluding hydrogens is 296 g/mol. The van der Waals surface area contributed by atoms with Crippen molar-refractivity contribution in [3.63, 3.8) is 0 Å². The molecule has 20 heavy (non-hydrogen) atoms. The van der Waals surface area contributed by atoms with Crippen LogP contribution in [0.5, 0.6) is 0 Å². The summed E-state index contributed by atoms with van der Waals surface area (Å²) < 4.78 is 26.2. The summed E-state index contributed by atoms with van der Waals surface area (Å²) in [7, 11) is -3.74. The highest BCUT2D eigenvalue weighted by molar-refractivity contribution is 7.90. The first-order valence-electron chi connectivity index (χ1n) is 5.95. The predicted octanol–water partition coefficient (Wildman–Crippen LogP) is 3.24. The van der Waals surface area contributed by atoms with Crippen LogP contribution < -0.4 is 0 Å². The number of halogens is 1. The fourth-order valence-electron chi connectivity index (χ4n) is 2.00. The average molecular weight is 307 g/mol. The molecule has 0 N–H and O–H groups in total. The Bertz CT molecular complexity index is 883. The lowest BCUT2D eigenvalue weighted by Crippen LogP contribution is -2.14. The number of para-hydroxylation sites is 1. The lowest BCUT2D eigenvalue weighted by atomic mass is 10.2. The normalized spacial score (nSPS) is 11.9. The number of hydrogen-bond acceptors (Lipinski definition) is 3. The Kier molecular flexibility index (Phi) is 3.03. The third-order valence-corrected chi connectivity index (χ3v) is 4.94. The van der Waals surface area contributed by atoms with Gasteiger partial charge in [0.05, 0.1) is 10.4 Å². The molecule has 0 saturated carbocycles. The van der Waals surface area contributed by atoms with Crippen molar-refractivity contribution in [3.05, 3.63) is 59.2 Å². The van der Waals surface area contributed by atoms with E-state index in [2.05, 4.69) is 5.10 Å². The van der Waals surface area contributed by atoms with Crippen molar-refractivity contribution in [2.24, 2.45) is 0 Å². The van der Waals surface area contributed by atoms with E-state index in [1.54, 1.807) is 48.5 Å². The van der Waals surface area contributed by atoms with Gasteiger partial charge in [-0.2, -0.15) is 12.5 Å². The van der Waals surface area contributed by atoms with Crippen molar-refractivity contribution < 1.29 is 8.42 Å². The van der Waals surface area contributed by atoms with Crippen LogP contribution in [0.15, 0.2) is 53.4 Å². The van der Waals surface area contributed by atoms with E-state index in [-0.39, 0.29) is 10.0 Å². The first-order chi connectivity index (χ1) is 9.50. The predicted molar refractivity (Wildman–Crippen MR) is 78.5 cm³/mol. The molecule has 102 valence electrons. The standard InChI is InChI=1S/C14H11ClN2O2S/c1-10-6-8-11(9-7-10)20(18,19)17-13-5-3-2-4-12(13)14(15)16-17/h2-9H,1H3. The second-order valence-corrected chi connectivity index (χ2v) is 6.59. The molecule has 0 saturated heterocycles. The van der Waals surface area contributed by atoms with Gasteiger partial charge < -0.3 is 0 Å². The number of rotatable bonds is 2. The highest BCUT2D eigenvalue weighted by Crippen LogP contribution is 2.26. The SMILES string of the molecule is Cc1ccc(S(=O)(=O)n2nc(Cl)c3ccccc32)cc1. The molecule has 1 heterocycles. The summed E-state index contributed by atoms with van der Waals surface area (Å²) in [5.74, 6) is 0. The maximum absolute atomic E-state index is 12.6. The Morgan fingerprint density at radius 3 is 2.40 bits per heavy atom. The van der Waals surface area contributed by atoms with E-state index >= 15 is 0 Å². The summed E-state index contributed by atoms with van der Waals surface area (Å²) in [6.07, 6.45) is 0. The summed E-state index contributed by atoms with van der Waals surface area (Å²) in [6.45, 7) is 1.90. The van der Waals surface area contributed by atoms with Crippen molar-refractivity contribution in [2.75, 3.05) is 0 Å². The van der Waals surface area contributed by atoms with E-state index in [4.69, 9.17) is 11.6 Å². The van der Waals surface area contributed by atoms with Crippen LogP contribution in [-0.2, 0) is 10.0 Å². The zero-order chi connectivity index (χ0) is 14.3. The minimum Gasteiger partial charge on any atom is -0.199 e. The summed E-state index contributed by atoms with van der Waals surface area (Å²) in [5.41, 5.74) is 1.46. The number of benzene rings is 2. The zero-order valence-corrected chi connectivity index (χ0v) is 12.2. The number of nitrogens with zero attached hydrogens (tertiary/aromatic N) is 2. The highest BCUT2D eigenvalue weighted by atomic mass is 35.5. The molecule has 0 unspecified atom stereocenters. The molecule has 0 atom stereocenters. The number of aromatic nitrogens is 2. The molecule has 6 heteroatoms. The van der Waals surface area contributed by atoms with E-state index in [1.807, 2.05) is 6.92 Å². The maximum atomic E-state index is 12.6. The Balaban J connectivity index is 2.27. The number of hydrogen-bond donors (Lipinski definition) is 0. The van der Waals surface area contributed by atoms with Gasteiger partial charge in [-0.1, -0.05) is 41.4 Å². The van der Waals surface area contributed by atoms with Gasteiger partial charge in [0.1, 0.15) is 0 Å². The van der Waals surface area contributed by atoms with Crippen molar-refractivity contribution in [1.82, 2.24) is 9.19 Å². The van der Waals surface area contributed by atoms with E-state index in [9.17, 15) is 8.42 Å². The van der Waals surface area contributed by atoms with Crippen molar-refractivity contribution in [2.45, 2.75) is 11.8 Å². The topological polar surface area (TPSA) is 52.0 Å². The van der Waals surface area contributed by atoms with Gasteiger partial charge >= 0.3 is 0 Å². The van der Waals surface area contributed by atoms with Crippen molar-refractivity contribution in [3.8, 4) is 0 Å². The molecule has 0 aliphatic carbocycles. The average Bonchev–Trinajstić information content (AvgIpc) is 2.78. The lowest BCUT2D eigenvalue weighted by molar-refractivity contribution is 0.582. The van der Waals surface area contributed by atoms with Crippen molar-refractivity contribution >= 4 is 32.5 Å². The maximum Gasteiger partial charge on any atom is 0.283 e. The van der Waals surface area contributed by atoms with Gasteiger partial charge in [-0.05, 0) is 31.2 Å². The summed E-state index contributed by atoms with van der Waals surface area (Å²) in [4.78, 5) is 0.188. The third kappa shape index (κ3) is 1.99. The monoisotopic (exact) mass is 306 g/mol. The van der Waals surface area contributed by atoms with Crippen LogP contribution in [-0.4, -0.2) is 17.6 Å². The Hall–Kier alpha value is -1.85. The summed E-state index contributed by atoms with van der Waals surface area (Å²) in [5, 5.41) is 4.75. The van der Waals surface area contributed by atoms with E-state index < -0.39 is 10.0 Å². The van der Waals surface area contributed by atoms with Gasteiger partial charge in [0.15, 0.2) is 5.15 Å². The molecule has 0 amide bonds. The first kappa shape index (κ1) is 13.1. The van der Waals surface area contributed by atoms with Crippen LogP contribution in [0.2, 0.25) is 5.15 Å². The molecule has 2 aromatic carbocycles. The van der Waals surface area contributed by atoms with Crippen LogP contribution in [0.4, 0.5) is 0 Å². The molecule has 0 fully saturated rings. The molecule has 0 aliphatic heterocycles. The number of aryl methyl sites for hydroxylation is 1. The smallest absolute Gasteiger partial charge is 0.199 e. The largest absolute Gasteiger partial charge is 0.283 e. The second-order valence-electron chi connectivity index (χ2n) is 4.47. The van der Waals surface area contributed by atoms with Gasteiger partial charge in [0.2, 0.25) is 0 Å². The lowest BCUT2D eigenvalue weighted by Gasteiger charge is -2.05. The van der Waals surface area contributed by atoms with Gasteiger partial charge in [-0.25, -0.2) is 0 Å². The molecule has 1 aromatic heterocycles. The van der Waals surface area contributed by atoms with Crippen molar-refractivity contribution in [1.29, 1.82) is 0 Å². The molecule has 0 spiro atoms. The Morgan fingerprint density at radius 2 is 1.70 bits per heavy atom. The summed E-state index contributed by atoms with van der Waals surface area (Å²) >= 11 is 6.00. The van der Waals surface area contributed by atoms with Gasteiger partial charge in [0.25, 0.3) is 10.0 Å². The van der Waals surface area contributed by atoms with E-state index in [0.717, 1.165) is 9.65 Å². The Labute approximate surface area is 121 Å². The zero-order valence-electron chi connectivity index (χ0n) is 10.6. The minimum absolute atomic E-state index is 0.177. The fraction of sp³-hybridized carbons (Fsp3) is 0.0714. The van der Waals surface area contributed by atoms with Crippen LogP contribution in [0.25, 0.3) is 10.9 Å². The second kappa shape index (κ2) is 4.61. The van der Waals surface area contributed by atoms with Crippen LogP contribution in [0, 0.1) is 6.92 Å².